The topological polar surface area (TPSA) is 51.0 Å². The maximum Gasteiger partial charge on any atom is 0.416 e. The summed E-state index contributed by atoms with van der Waals surface area (Å²) in [5.74, 6) is 0.600. The summed E-state index contributed by atoms with van der Waals surface area (Å²) < 4.78 is 50.2. The molecule has 0 amide bonds. The summed E-state index contributed by atoms with van der Waals surface area (Å²) >= 11 is 0. The van der Waals surface area contributed by atoms with Gasteiger partial charge in [-0.15, -0.1) is 0 Å². The predicted octanol–water partition coefficient (Wildman–Crippen LogP) is 5.75. The van der Waals surface area contributed by atoms with Crippen molar-refractivity contribution in [3.63, 3.8) is 0 Å². The van der Waals surface area contributed by atoms with Crippen molar-refractivity contribution < 1.29 is 27.8 Å². The van der Waals surface area contributed by atoms with E-state index in [4.69, 9.17) is 9.47 Å². The molecule has 0 aromatic heterocycles. The molecule has 0 aliphatic heterocycles. The molecule has 0 saturated carbocycles. The van der Waals surface area contributed by atoms with Gasteiger partial charge in [0.2, 0.25) is 0 Å². The fourth-order valence-corrected chi connectivity index (χ4v) is 2.55. The summed E-state index contributed by atoms with van der Waals surface area (Å²) in [6.07, 6.45) is -3.25. The molecule has 0 bridgehead atoms. The second-order valence-electron chi connectivity index (χ2n) is 6.14. The van der Waals surface area contributed by atoms with Crippen LogP contribution < -0.4 is 9.47 Å². The molecule has 0 atom stereocenters. The van der Waals surface area contributed by atoms with Crippen molar-refractivity contribution in [3.8, 4) is 17.2 Å². The number of aliphatic imine (C=N–C) groups is 1. The predicted molar refractivity (Wildman–Crippen MR) is 104 cm³/mol. The Balaban J connectivity index is 1.93. The monoisotopic (exact) mass is 401 g/mol. The summed E-state index contributed by atoms with van der Waals surface area (Å²) in [7, 11) is 1.47. The average molecular weight is 401 g/mol. The van der Waals surface area contributed by atoms with Gasteiger partial charge in [-0.25, -0.2) is 0 Å². The Labute approximate surface area is 165 Å². The quantitative estimate of drug-likeness (QED) is 0.535. The van der Waals surface area contributed by atoms with Crippen molar-refractivity contribution in [1.82, 2.24) is 0 Å². The van der Waals surface area contributed by atoms with Crippen LogP contribution in [0.25, 0.3) is 0 Å². The molecule has 1 N–H and O–H groups in total. The zero-order valence-electron chi connectivity index (χ0n) is 15.5. The number of halogens is 3. The van der Waals surface area contributed by atoms with Gasteiger partial charge < -0.3 is 14.6 Å². The third kappa shape index (κ3) is 5.28. The molecule has 0 fully saturated rings. The highest BCUT2D eigenvalue weighted by molar-refractivity contribution is 5.86. The molecule has 0 saturated heterocycles. The highest BCUT2D eigenvalue weighted by atomic mass is 19.4. The van der Waals surface area contributed by atoms with Crippen LogP contribution in [0.5, 0.6) is 17.2 Å². The maximum atomic E-state index is 13.1. The first-order chi connectivity index (χ1) is 13.9. The molecule has 29 heavy (non-hydrogen) atoms. The van der Waals surface area contributed by atoms with E-state index in [1.807, 2.05) is 30.3 Å². The number of rotatable bonds is 6. The van der Waals surface area contributed by atoms with Crippen LogP contribution in [0.2, 0.25) is 0 Å². The zero-order valence-corrected chi connectivity index (χ0v) is 15.5. The molecule has 3 aromatic rings. The summed E-state index contributed by atoms with van der Waals surface area (Å²) in [6.45, 7) is 0.180. The Hall–Kier alpha value is -3.48. The largest absolute Gasteiger partial charge is 0.507 e. The van der Waals surface area contributed by atoms with E-state index in [9.17, 15) is 18.3 Å². The standard InChI is InChI=1S/C22H18F3NO3/c1-28-18-8-9-20(27)16(11-18)13-26-19-12-17(22(23,24)25)7-10-21(19)29-14-15-5-3-2-4-6-15/h2-13,27H,14H2,1H3. The number of phenols is 1. The summed E-state index contributed by atoms with van der Waals surface area (Å²) in [5.41, 5.74) is 0.327. The maximum absolute atomic E-state index is 13.1. The number of nitrogens with zero attached hydrogens (tertiary/aromatic N) is 1. The van der Waals surface area contributed by atoms with Crippen LogP contribution in [-0.4, -0.2) is 18.4 Å². The number of ether oxygens (including phenoxy) is 2. The van der Waals surface area contributed by atoms with Crippen LogP contribution in [0, 0.1) is 0 Å². The smallest absolute Gasteiger partial charge is 0.416 e. The van der Waals surface area contributed by atoms with Crippen molar-refractivity contribution in [1.29, 1.82) is 0 Å². The van der Waals surface area contributed by atoms with E-state index in [0.717, 1.165) is 17.7 Å². The van der Waals surface area contributed by atoms with Gasteiger partial charge >= 0.3 is 6.18 Å². The molecule has 0 aliphatic rings. The SMILES string of the molecule is COc1ccc(O)c(C=Nc2cc(C(F)(F)F)ccc2OCc2ccccc2)c1. The Morgan fingerprint density at radius 2 is 1.76 bits per heavy atom. The second kappa shape index (κ2) is 8.68. The third-order valence-corrected chi connectivity index (χ3v) is 4.10. The lowest BCUT2D eigenvalue weighted by Crippen LogP contribution is -2.05. The van der Waals surface area contributed by atoms with Gasteiger partial charge in [0.15, 0.2) is 0 Å². The van der Waals surface area contributed by atoms with Crippen molar-refractivity contribution in [3.05, 3.63) is 83.4 Å². The third-order valence-electron chi connectivity index (χ3n) is 4.10. The summed E-state index contributed by atoms with van der Waals surface area (Å²) in [5, 5.41) is 9.96. The molecule has 150 valence electrons. The van der Waals surface area contributed by atoms with Gasteiger partial charge in [-0.05, 0) is 42.0 Å². The molecular formula is C22H18F3NO3. The van der Waals surface area contributed by atoms with Crippen molar-refractivity contribution in [2.24, 2.45) is 4.99 Å². The van der Waals surface area contributed by atoms with E-state index < -0.39 is 11.7 Å². The molecule has 0 radical (unpaired) electrons. The molecule has 0 spiro atoms. The van der Waals surface area contributed by atoms with Crippen LogP contribution in [0.15, 0.2) is 71.7 Å². The van der Waals surface area contributed by atoms with Crippen molar-refractivity contribution >= 4 is 11.9 Å². The Kier molecular flexibility index (Phi) is 6.07. The van der Waals surface area contributed by atoms with Crippen LogP contribution >= 0.6 is 0 Å². The second-order valence-corrected chi connectivity index (χ2v) is 6.14. The van der Waals surface area contributed by atoms with Gasteiger partial charge in [-0.1, -0.05) is 30.3 Å². The minimum atomic E-state index is -4.51. The first kappa shape index (κ1) is 20.3. The van der Waals surface area contributed by atoms with E-state index in [2.05, 4.69) is 4.99 Å². The fraction of sp³-hybridized carbons (Fsp3) is 0.136. The Morgan fingerprint density at radius 3 is 2.45 bits per heavy atom. The lowest BCUT2D eigenvalue weighted by molar-refractivity contribution is -0.137. The molecule has 4 nitrogen and oxygen atoms in total. The number of benzene rings is 3. The molecular weight excluding hydrogens is 383 g/mol. The van der Waals surface area contributed by atoms with Gasteiger partial charge in [-0.3, -0.25) is 4.99 Å². The van der Waals surface area contributed by atoms with Gasteiger partial charge in [0.05, 0.1) is 12.7 Å². The molecule has 3 aromatic carbocycles. The first-order valence-electron chi connectivity index (χ1n) is 8.66. The van der Waals surface area contributed by atoms with Gasteiger partial charge in [0.1, 0.15) is 29.5 Å². The number of hydrogen-bond acceptors (Lipinski definition) is 4. The first-order valence-corrected chi connectivity index (χ1v) is 8.66. The average Bonchev–Trinajstić information content (AvgIpc) is 2.72. The number of aromatic hydroxyl groups is 1. The Morgan fingerprint density at radius 1 is 1.00 bits per heavy atom. The van der Waals surface area contributed by atoms with E-state index >= 15 is 0 Å². The highest BCUT2D eigenvalue weighted by Crippen LogP contribution is 2.37. The minimum Gasteiger partial charge on any atom is -0.507 e. The molecule has 0 heterocycles. The lowest BCUT2D eigenvalue weighted by Gasteiger charge is -2.12. The van der Waals surface area contributed by atoms with Crippen molar-refractivity contribution in [2.45, 2.75) is 12.8 Å². The van der Waals surface area contributed by atoms with Crippen molar-refractivity contribution in [2.75, 3.05) is 7.11 Å². The van der Waals surface area contributed by atoms with E-state index in [1.165, 1.54) is 31.5 Å². The van der Waals surface area contributed by atoms with Crippen LogP contribution in [0.1, 0.15) is 16.7 Å². The van der Waals surface area contributed by atoms with E-state index in [1.54, 1.807) is 6.07 Å². The zero-order chi connectivity index (χ0) is 20.9. The lowest BCUT2D eigenvalue weighted by atomic mass is 10.1. The summed E-state index contributed by atoms with van der Waals surface area (Å²) in [4.78, 5) is 4.13. The number of methoxy groups -OCH3 is 1. The van der Waals surface area contributed by atoms with Crippen LogP contribution in [0.3, 0.4) is 0 Å². The van der Waals surface area contributed by atoms with Crippen LogP contribution in [0.4, 0.5) is 18.9 Å². The highest BCUT2D eigenvalue weighted by Gasteiger charge is 2.31. The fourth-order valence-electron chi connectivity index (χ4n) is 2.55. The van der Waals surface area contributed by atoms with Gasteiger partial charge in [0, 0.05) is 11.8 Å². The number of phenolic OH excluding ortho intramolecular Hbond substituents is 1. The van der Waals surface area contributed by atoms with Gasteiger partial charge in [-0.2, -0.15) is 13.2 Å². The number of hydrogen-bond donors (Lipinski definition) is 1. The van der Waals surface area contributed by atoms with E-state index in [0.29, 0.717) is 11.3 Å². The minimum absolute atomic E-state index is 0.00187. The van der Waals surface area contributed by atoms with Crippen LogP contribution in [-0.2, 0) is 12.8 Å². The normalized spacial score (nSPS) is 11.6. The molecule has 7 heteroatoms. The Bertz CT molecular complexity index is 1000. The summed E-state index contributed by atoms with van der Waals surface area (Å²) in [6, 6.07) is 16.8. The molecule has 3 rings (SSSR count). The number of alkyl halides is 3. The molecule has 0 aliphatic carbocycles. The molecule has 0 unspecified atom stereocenters. The van der Waals surface area contributed by atoms with E-state index in [-0.39, 0.29) is 23.8 Å². The van der Waals surface area contributed by atoms with Gasteiger partial charge in [0.25, 0.3) is 0 Å².